The Morgan fingerprint density at radius 3 is 2.32 bits per heavy atom. The van der Waals surface area contributed by atoms with Crippen LogP contribution in [0.15, 0.2) is 54.6 Å². The molecule has 0 unspecified atom stereocenters. The molecule has 0 aliphatic rings. The van der Waals surface area contributed by atoms with Crippen LogP contribution in [0.4, 0.5) is 11.5 Å². The molecule has 0 aliphatic heterocycles. The lowest BCUT2D eigenvalue weighted by molar-refractivity contribution is -0.384. The molecule has 3 aromatic rings. The van der Waals surface area contributed by atoms with Gasteiger partial charge in [0.15, 0.2) is 0 Å². The molecule has 0 bridgehead atoms. The number of carbonyl (C=O) groups excluding carboxylic acids is 2. The van der Waals surface area contributed by atoms with Gasteiger partial charge in [0.05, 0.1) is 16.3 Å². The molecular formula is C25H29N5O4. The van der Waals surface area contributed by atoms with E-state index in [9.17, 15) is 19.7 Å². The summed E-state index contributed by atoms with van der Waals surface area (Å²) < 4.78 is 1.71. The van der Waals surface area contributed by atoms with Crippen molar-refractivity contribution >= 4 is 23.3 Å². The third kappa shape index (κ3) is 5.48. The van der Waals surface area contributed by atoms with E-state index in [-0.39, 0.29) is 35.0 Å². The Balaban J connectivity index is 1.83. The van der Waals surface area contributed by atoms with Crippen molar-refractivity contribution in [2.24, 2.45) is 0 Å². The molecule has 0 spiro atoms. The van der Waals surface area contributed by atoms with Gasteiger partial charge in [0, 0.05) is 35.7 Å². The van der Waals surface area contributed by atoms with Crippen LogP contribution >= 0.6 is 0 Å². The third-order valence-corrected chi connectivity index (χ3v) is 5.42. The molecule has 34 heavy (non-hydrogen) atoms. The highest BCUT2D eigenvalue weighted by Crippen LogP contribution is 2.27. The van der Waals surface area contributed by atoms with E-state index in [0.717, 1.165) is 16.9 Å². The maximum Gasteiger partial charge on any atom is 0.269 e. The first-order chi connectivity index (χ1) is 16.0. The number of benzene rings is 2. The van der Waals surface area contributed by atoms with Gasteiger partial charge < -0.3 is 10.2 Å². The van der Waals surface area contributed by atoms with E-state index in [0.29, 0.717) is 12.4 Å². The second-order valence-electron chi connectivity index (χ2n) is 9.03. The van der Waals surface area contributed by atoms with Crippen molar-refractivity contribution in [1.29, 1.82) is 0 Å². The lowest BCUT2D eigenvalue weighted by atomic mass is 9.92. The molecule has 1 heterocycles. The van der Waals surface area contributed by atoms with E-state index < -0.39 is 4.92 Å². The molecule has 0 saturated heterocycles. The largest absolute Gasteiger partial charge is 0.330 e. The molecule has 2 aromatic carbocycles. The number of para-hydroxylation sites is 1. The van der Waals surface area contributed by atoms with Crippen molar-refractivity contribution in [3.63, 3.8) is 0 Å². The van der Waals surface area contributed by atoms with Crippen LogP contribution in [0.5, 0.6) is 0 Å². The molecule has 3 rings (SSSR count). The zero-order valence-electron chi connectivity index (χ0n) is 20.0. The molecule has 0 atom stereocenters. The first kappa shape index (κ1) is 24.6. The number of aromatic nitrogens is 2. The van der Waals surface area contributed by atoms with E-state index >= 15 is 0 Å². The van der Waals surface area contributed by atoms with Gasteiger partial charge in [-0.1, -0.05) is 39.0 Å². The van der Waals surface area contributed by atoms with Crippen LogP contribution in [0, 0.1) is 17.0 Å². The van der Waals surface area contributed by atoms with Crippen LogP contribution in [0.1, 0.15) is 49.3 Å². The van der Waals surface area contributed by atoms with E-state index in [1.165, 1.54) is 29.2 Å². The van der Waals surface area contributed by atoms with Gasteiger partial charge in [-0.2, -0.15) is 5.10 Å². The first-order valence-electron chi connectivity index (χ1n) is 11.0. The van der Waals surface area contributed by atoms with Crippen molar-refractivity contribution < 1.29 is 14.5 Å². The molecule has 9 heteroatoms. The molecule has 1 N–H and O–H groups in total. The van der Waals surface area contributed by atoms with Gasteiger partial charge in [-0.3, -0.25) is 19.7 Å². The topological polar surface area (TPSA) is 110 Å². The zero-order chi connectivity index (χ0) is 25.0. The van der Waals surface area contributed by atoms with E-state index in [4.69, 9.17) is 5.10 Å². The lowest BCUT2D eigenvalue weighted by Crippen LogP contribution is -2.38. The second-order valence-corrected chi connectivity index (χ2v) is 9.03. The number of hydrogen-bond donors (Lipinski definition) is 1. The van der Waals surface area contributed by atoms with E-state index in [1.54, 1.807) is 11.6 Å². The molecule has 0 saturated carbocycles. The minimum absolute atomic E-state index is 0.100. The van der Waals surface area contributed by atoms with Crippen LogP contribution in [0.3, 0.4) is 0 Å². The average molecular weight is 464 g/mol. The Morgan fingerprint density at radius 2 is 1.76 bits per heavy atom. The summed E-state index contributed by atoms with van der Waals surface area (Å²) in [5.74, 6) is -0.231. The highest BCUT2D eigenvalue weighted by Gasteiger charge is 2.23. The van der Waals surface area contributed by atoms with Gasteiger partial charge >= 0.3 is 0 Å². The molecule has 178 valence electrons. The highest BCUT2D eigenvalue weighted by molar-refractivity contribution is 5.99. The fourth-order valence-electron chi connectivity index (χ4n) is 3.41. The summed E-state index contributed by atoms with van der Waals surface area (Å²) in [4.78, 5) is 37.5. The van der Waals surface area contributed by atoms with Crippen LogP contribution in [0.25, 0.3) is 5.69 Å². The summed E-state index contributed by atoms with van der Waals surface area (Å²) in [7, 11) is 0. The van der Waals surface area contributed by atoms with Crippen LogP contribution < -0.4 is 5.32 Å². The standard InChI is InChI=1S/C25H29N5O4/c1-6-28(24(32)18-11-13-19(14-12-18)30(33)34)16-23(31)26-22-15-21(25(3,4)5)27-29(22)20-10-8-7-9-17(20)2/h7-15H,6,16H2,1-5H3,(H,26,31). The van der Waals surface area contributed by atoms with Gasteiger partial charge in [0.2, 0.25) is 5.91 Å². The molecule has 1 aromatic heterocycles. The van der Waals surface area contributed by atoms with E-state index in [2.05, 4.69) is 5.32 Å². The number of anilines is 1. The fraction of sp³-hybridized carbons (Fsp3) is 0.320. The Kier molecular flexibility index (Phi) is 7.14. The average Bonchev–Trinajstić information content (AvgIpc) is 3.21. The number of carbonyl (C=O) groups is 2. The van der Waals surface area contributed by atoms with Gasteiger partial charge in [-0.25, -0.2) is 4.68 Å². The SMILES string of the molecule is CCN(CC(=O)Nc1cc(C(C)(C)C)nn1-c1ccccc1C)C(=O)c1ccc([N+](=O)[O-])cc1. The number of rotatable bonds is 7. The van der Waals surface area contributed by atoms with Gasteiger partial charge in [-0.05, 0) is 37.6 Å². The number of amides is 2. The molecule has 2 amide bonds. The second kappa shape index (κ2) is 9.86. The highest BCUT2D eigenvalue weighted by atomic mass is 16.6. The van der Waals surface area contributed by atoms with Crippen LogP contribution in [-0.4, -0.2) is 44.5 Å². The summed E-state index contributed by atoms with van der Waals surface area (Å²) in [6.07, 6.45) is 0. The number of aryl methyl sites for hydroxylation is 1. The molecule has 0 fully saturated rings. The zero-order valence-corrected chi connectivity index (χ0v) is 20.0. The Hall–Kier alpha value is -4.01. The minimum Gasteiger partial charge on any atom is -0.330 e. The van der Waals surface area contributed by atoms with Crippen molar-refractivity contribution in [3.8, 4) is 5.69 Å². The maximum atomic E-state index is 13.0. The number of likely N-dealkylation sites (N-methyl/N-ethyl adjacent to an activating group) is 1. The summed E-state index contributed by atoms with van der Waals surface area (Å²) in [5.41, 5.74) is 2.62. The normalized spacial score (nSPS) is 11.2. The van der Waals surface area contributed by atoms with Gasteiger partial charge in [0.1, 0.15) is 12.4 Å². The Labute approximate surface area is 198 Å². The fourth-order valence-corrected chi connectivity index (χ4v) is 3.41. The quantitative estimate of drug-likeness (QED) is 0.410. The Bertz CT molecular complexity index is 1210. The molecule has 0 aliphatic carbocycles. The third-order valence-electron chi connectivity index (χ3n) is 5.42. The predicted octanol–water partition coefficient (Wildman–Crippen LogP) is 4.49. The van der Waals surface area contributed by atoms with Crippen molar-refractivity contribution in [1.82, 2.24) is 14.7 Å². The molecule has 0 radical (unpaired) electrons. The van der Waals surface area contributed by atoms with Gasteiger partial charge in [0.25, 0.3) is 11.6 Å². The number of nitro groups is 1. The summed E-state index contributed by atoms with van der Waals surface area (Å²) >= 11 is 0. The summed E-state index contributed by atoms with van der Waals surface area (Å²) in [6.45, 7) is 10.0. The summed E-state index contributed by atoms with van der Waals surface area (Å²) in [5, 5.41) is 18.5. The molecular weight excluding hydrogens is 434 g/mol. The smallest absolute Gasteiger partial charge is 0.269 e. The van der Waals surface area contributed by atoms with Crippen molar-refractivity contribution in [2.45, 2.75) is 40.0 Å². The monoisotopic (exact) mass is 463 g/mol. The maximum absolute atomic E-state index is 13.0. The van der Waals surface area contributed by atoms with Gasteiger partial charge in [-0.15, -0.1) is 0 Å². The Morgan fingerprint density at radius 1 is 1.12 bits per heavy atom. The number of nitrogens with zero attached hydrogens (tertiary/aromatic N) is 4. The number of nitro benzene ring substituents is 1. The number of non-ortho nitro benzene ring substituents is 1. The van der Waals surface area contributed by atoms with Crippen LogP contribution in [-0.2, 0) is 10.2 Å². The summed E-state index contributed by atoms with van der Waals surface area (Å²) in [6, 6.07) is 14.9. The van der Waals surface area contributed by atoms with Crippen molar-refractivity contribution in [3.05, 3.63) is 81.5 Å². The first-order valence-corrected chi connectivity index (χ1v) is 11.0. The molecule has 9 nitrogen and oxygen atoms in total. The minimum atomic E-state index is -0.525. The van der Waals surface area contributed by atoms with Crippen molar-refractivity contribution in [2.75, 3.05) is 18.4 Å². The number of nitrogens with one attached hydrogen (secondary N) is 1. The van der Waals surface area contributed by atoms with Crippen LogP contribution in [0.2, 0.25) is 0 Å². The lowest BCUT2D eigenvalue weighted by Gasteiger charge is -2.20. The predicted molar refractivity (Wildman–Crippen MR) is 130 cm³/mol. The van der Waals surface area contributed by atoms with E-state index in [1.807, 2.05) is 58.0 Å². The number of hydrogen-bond acceptors (Lipinski definition) is 5.